The zero-order valence-electron chi connectivity index (χ0n) is 24.4. The number of aromatic amines is 1. The highest BCUT2D eigenvalue weighted by Gasteiger charge is 2.30. The largest absolute Gasteiger partial charge is 0.462 e. The van der Waals surface area contributed by atoms with E-state index in [1.807, 2.05) is 7.05 Å². The molecule has 6 rings (SSSR count). The fourth-order valence-electron chi connectivity index (χ4n) is 5.48. The molecule has 0 radical (unpaired) electrons. The van der Waals surface area contributed by atoms with Crippen LogP contribution in [0.3, 0.4) is 0 Å². The lowest BCUT2D eigenvalue weighted by Gasteiger charge is -2.29. The minimum atomic E-state index is -0.781. The molecule has 4 aromatic rings. The van der Waals surface area contributed by atoms with E-state index in [0.29, 0.717) is 35.4 Å². The van der Waals surface area contributed by atoms with Crippen molar-refractivity contribution in [1.29, 1.82) is 5.26 Å². The second-order valence-electron chi connectivity index (χ2n) is 11.6. The van der Waals surface area contributed by atoms with Crippen molar-refractivity contribution in [3.8, 4) is 23.2 Å². The number of ether oxygens (including phenoxy) is 4. The monoisotopic (exact) mass is 641 g/mol. The molecule has 2 N–H and O–H groups in total. The summed E-state index contributed by atoms with van der Waals surface area (Å²) in [5, 5.41) is 13.6. The Morgan fingerprint density at radius 3 is 2.82 bits per heavy atom. The van der Waals surface area contributed by atoms with Gasteiger partial charge in [0.2, 0.25) is 0 Å². The Morgan fingerprint density at radius 1 is 1.32 bits per heavy atom. The van der Waals surface area contributed by atoms with Gasteiger partial charge in [-0.1, -0.05) is 17.7 Å². The normalized spacial score (nSPS) is 17.1. The second-order valence-corrected chi connectivity index (χ2v) is 13.0. The molecule has 4 heterocycles. The first-order valence-corrected chi connectivity index (χ1v) is 15.1. The highest BCUT2D eigenvalue weighted by Crippen LogP contribution is 2.48. The van der Waals surface area contributed by atoms with Crippen LogP contribution < -0.4 is 15.6 Å². The van der Waals surface area contributed by atoms with Crippen molar-refractivity contribution in [2.45, 2.75) is 45.7 Å². The van der Waals surface area contributed by atoms with Crippen molar-refractivity contribution in [1.82, 2.24) is 14.9 Å². The smallest absolute Gasteiger partial charge is 0.412 e. The minimum Gasteiger partial charge on any atom is -0.462 e. The number of anilines is 1. The molecule has 0 bridgehead atoms. The van der Waals surface area contributed by atoms with E-state index in [1.54, 1.807) is 20.8 Å². The number of fused-ring (bicyclic) bond motifs is 4. The first-order valence-electron chi connectivity index (χ1n) is 13.9. The molecule has 1 amide bonds. The lowest BCUT2D eigenvalue weighted by Crippen LogP contribution is -2.42. The first-order chi connectivity index (χ1) is 20.9. The molecule has 0 unspecified atom stereocenters. The molecule has 1 atom stereocenters. The van der Waals surface area contributed by atoms with Crippen molar-refractivity contribution in [3.63, 3.8) is 0 Å². The number of halogens is 2. The molecule has 0 spiro atoms. The second kappa shape index (κ2) is 11.6. The Hall–Kier alpha value is -3.80. The van der Waals surface area contributed by atoms with Gasteiger partial charge in [-0.25, -0.2) is 9.18 Å². The van der Waals surface area contributed by atoms with Crippen LogP contribution in [0, 0.1) is 17.1 Å². The van der Waals surface area contributed by atoms with E-state index in [2.05, 4.69) is 26.3 Å². The molecule has 2 aliphatic rings. The summed E-state index contributed by atoms with van der Waals surface area (Å²) >= 11 is 7.97. The van der Waals surface area contributed by atoms with Crippen molar-refractivity contribution in [2.75, 3.05) is 38.7 Å². The third kappa shape index (κ3) is 5.60. The van der Waals surface area contributed by atoms with Crippen LogP contribution in [-0.4, -0.2) is 66.0 Å². The summed E-state index contributed by atoms with van der Waals surface area (Å²) in [6.07, 6.45) is -0.977. The summed E-state index contributed by atoms with van der Waals surface area (Å²) in [6.45, 7) is 7.63. The van der Waals surface area contributed by atoms with Gasteiger partial charge in [0.05, 0.1) is 40.5 Å². The number of carbonyl (C=O) groups excluding carboxylic acids is 1. The molecule has 0 aliphatic carbocycles. The molecular weight excluding hydrogens is 613 g/mol. The van der Waals surface area contributed by atoms with E-state index < -0.39 is 23.1 Å². The van der Waals surface area contributed by atoms with Gasteiger partial charge in [0.25, 0.3) is 11.6 Å². The third-order valence-electron chi connectivity index (χ3n) is 7.32. The Kier molecular flexibility index (Phi) is 7.98. The number of nitrogens with zero attached hydrogens (tertiary/aromatic N) is 3. The van der Waals surface area contributed by atoms with Crippen molar-refractivity contribution < 1.29 is 28.1 Å². The maximum atomic E-state index is 15.2. The van der Waals surface area contributed by atoms with Gasteiger partial charge in [-0.15, -0.1) is 11.3 Å². The zero-order valence-corrected chi connectivity index (χ0v) is 26.0. The number of likely N-dealkylation sites (N-methyl/N-ethyl adjacent to an activating group) is 1. The fraction of sp³-hybridized carbons (Fsp3) is 0.400. The lowest BCUT2D eigenvalue weighted by atomic mass is 9.91. The number of nitriles is 1. The van der Waals surface area contributed by atoms with E-state index in [9.17, 15) is 14.9 Å². The number of hydrogen-bond donors (Lipinski definition) is 2. The molecule has 14 heteroatoms. The summed E-state index contributed by atoms with van der Waals surface area (Å²) < 4.78 is 38.1. The van der Waals surface area contributed by atoms with Gasteiger partial charge in [0, 0.05) is 24.0 Å². The number of thiophene rings is 1. The van der Waals surface area contributed by atoms with Crippen molar-refractivity contribution in [2.24, 2.45) is 0 Å². The topological polar surface area (TPSA) is 139 Å². The summed E-state index contributed by atoms with van der Waals surface area (Å²) in [7, 11) is 1.99. The summed E-state index contributed by atoms with van der Waals surface area (Å²) in [4.78, 5) is 35.3. The molecule has 44 heavy (non-hydrogen) atoms. The van der Waals surface area contributed by atoms with Gasteiger partial charge >= 0.3 is 6.09 Å². The molecule has 2 aliphatic heterocycles. The maximum Gasteiger partial charge on any atom is 0.412 e. The number of H-pyrrole nitrogens is 1. The first kappa shape index (κ1) is 30.2. The van der Waals surface area contributed by atoms with Crippen LogP contribution in [0.4, 0.5) is 14.2 Å². The number of aromatic nitrogens is 2. The number of rotatable bonds is 5. The Labute approximate surface area is 260 Å². The number of morpholine rings is 1. The highest BCUT2D eigenvalue weighted by molar-refractivity contribution is 7.23. The minimum absolute atomic E-state index is 0.0209. The molecule has 230 valence electrons. The summed E-state index contributed by atoms with van der Waals surface area (Å²) in [5.41, 5.74) is 1.12. The van der Waals surface area contributed by atoms with Crippen molar-refractivity contribution >= 4 is 55.0 Å². The molecule has 2 aromatic heterocycles. The van der Waals surface area contributed by atoms with E-state index in [4.69, 9.17) is 30.5 Å². The van der Waals surface area contributed by atoms with E-state index >= 15 is 4.39 Å². The van der Waals surface area contributed by atoms with E-state index in [-0.39, 0.29) is 68.5 Å². The van der Waals surface area contributed by atoms with Crippen LogP contribution in [0.25, 0.3) is 32.1 Å². The van der Waals surface area contributed by atoms with Gasteiger partial charge < -0.3 is 23.8 Å². The van der Waals surface area contributed by atoms with Crippen LogP contribution in [-0.2, 0) is 27.4 Å². The van der Waals surface area contributed by atoms with E-state index in [0.717, 1.165) is 17.9 Å². The van der Waals surface area contributed by atoms with Crippen LogP contribution >= 0.6 is 22.9 Å². The average Bonchev–Trinajstić information content (AvgIpc) is 3.57. The Morgan fingerprint density at radius 2 is 2.09 bits per heavy atom. The van der Waals surface area contributed by atoms with E-state index in [1.165, 1.54) is 12.1 Å². The number of hydrogen-bond acceptors (Lipinski definition) is 10. The van der Waals surface area contributed by atoms with Gasteiger partial charge in [-0.3, -0.25) is 15.1 Å². The van der Waals surface area contributed by atoms with Crippen LogP contribution in [0.2, 0.25) is 5.02 Å². The predicted octanol–water partition coefficient (Wildman–Crippen LogP) is 5.56. The van der Waals surface area contributed by atoms with Gasteiger partial charge in [0.15, 0.2) is 0 Å². The maximum absolute atomic E-state index is 15.2. The Bertz CT molecular complexity index is 1910. The van der Waals surface area contributed by atoms with Gasteiger partial charge in [-0.2, -0.15) is 10.2 Å². The molecule has 0 saturated carbocycles. The third-order valence-corrected chi connectivity index (χ3v) is 8.80. The van der Waals surface area contributed by atoms with Crippen LogP contribution in [0.5, 0.6) is 6.01 Å². The Balaban J connectivity index is 1.49. The lowest BCUT2D eigenvalue weighted by molar-refractivity contribution is -0.0417. The van der Waals surface area contributed by atoms with Crippen LogP contribution in [0.1, 0.15) is 37.5 Å². The van der Waals surface area contributed by atoms with Gasteiger partial charge in [0.1, 0.15) is 40.7 Å². The van der Waals surface area contributed by atoms with Gasteiger partial charge in [-0.05, 0) is 50.6 Å². The summed E-state index contributed by atoms with van der Waals surface area (Å²) in [6, 6.07) is 4.89. The fourth-order valence-corrected chi connectivity index (χ4v) is 6.90. The average molecular weight is 642 g/mol. The number of benzene rings is 2. The number of nitrogens with one attached hydrogen (secondary N) is 2. The molecule has 1 saturated heterocycles. The molecule has 1 fully saturated rings. The SMILES string of the molecule is CN1CCO[C@@H](COc2nc3c(Cl)c(-c4ccc(F)c5sc(NC(=O)OC(C)(C)C)c(C#N)c45)c4c(c3c(=O)[nH]2)COC4)C1. The molecule has 11 nitrogen and oxygen atoms in total. The van der Waals surface area contributed by atoms with Crippen LogP contribution in [0.15, 0.2) is 16.9 Å². The molecular formula is C30H29ClFN5O6S. The number of carbonyl (C=O) groups is 1. The molecule has 2 aromatic carbocycles. The standard InChI is InChI=1S/C30H29ClFN5O6S/c1-30(2,3)43-29(39)36-27-16(9-33)21-15(5-6-19(32)25(21)44-27)20-17-12-40-13-18(17)22-24(23(20)31)34-28(35-26(22)38)42-11-14-10-37(4)7-8-41-14/h5-6,14H,7-8,10-13H2,1-4H3,(H,36,39)(H,34,35,38)/t14-/m1/s1. The predicted molar refractivity (Wildman–Crippen MR) is 164 cm³/mol. The zero-order chi connectivity index (χ0) is 31.3. The highest BCUT2D eigenvalue weighted by atomic mass is 35.5. The quantitative estimate of drug-likeness (QED) is 0.287. The summed E-state index contributed by atoms with van der Waals surface area (Å²) in [5.74, 6) is -0.576. The van der Waals surface area contributed by atoms with Crippen molar-refractivity contribution in [3.05, 3.63) is 50.0 Å². The number of amides is 1.